The lowest BCUT2D eigenvalue weighted by molar-refractivity contribution is -0.0120. The van der Waals surface area contributed by atoms with E-state index in [4.69, 9.17) is 9.73 Å². The fourth-order valence-electron chi connectivity index (χ4n) is 3.87. The smallest absolute Gasteiger partial charge is 0.191 e. The Kier molecular flexibility index (Phi) is 6.33. The van der Waals surface area contributed by atoms with Crippen LogP contribution in [0.25, 0.3) is 5.65 Å². The van der Waals surface area contributed by atoms with E-state index in [0.717, 1.165) is 62.6 Å². The Morgan fingerprint density at radius 2 is 2.18 bits per heavy atom. The fraction of sp³-hybridized carbons (Fsp3) is 0.632. The van der Waals surface area contributed by atoms with E-state index in [-0.39, 0.29) is 5.54 Å². The molecule has 1 unspecified atom stereocenters. The Morgan fingerprint density at radius 3 is 2.96 bits per heavy atom. The summed E-state index contributed by atoms with van der Waals surface area (Å²) in [5, 5.41) is 15.4. The van der Waals surface area contributed by atoms with Gasteiger partial charge in [0.1, 0.15) is 6.54 Å². The molecular formula is C19H29N7OS. The first-order valence-corrected chi connectivity index (χ1v) is 11.2. The van der Waals surface area contributed by atoms with Gasteiger partial charge < -0.3 is 15.4 Å². The minimum Gasteiger partial charge on any atom is -0.379 e. The Balaban J connectivity index is 1.44. The Morgan fingerprint density at radius 1 is 1.29 bits per heavy atom. The second-order valence-corrected chi connectivity index (χ2v) is 8.33. The van der Waals surface area contributed by atoms with Gasteiger partial charge in [0.05, 0.1) is 13.2 Å². The van der Waals surface area contributed by atoms with Crippen LogP contribution >= 0.6 is 11.8 Å². The zero-order valence-corrected chi connectivity index (χ0v) is 17.2. The summed E-state index contributed by atoms with van der Waals surface area (Å²) in [7, 11) is 0. The molecule has 1 atom stereocenters. The minimum absolute atomic E-state index is 0.187. The van der Waals surface area contributed by atoms with E-state index in [1.807, 2.05) is 40.6 Å². The van der Waals surface area contributed by atoms with Gasteiger partial charge in [0.15, 0.2) is 17.4 Å². The summed E-state index contributed by atoms with van der Waals surface area (Å²) in [5.41, 5.74) is 1.03. The molecule has 2 aliphatic rings. The molecule has 8 nitrogen and oxygen atoms in total. The van der Waals surface area contributed by atoms with Crippen LogP contribution in [0.15, 0.2) is 29.4 Å². The average molecular weight is 404 g/mol. The van der Waals surface area contributed by atoms with Gasteiger partial charge in [0, 0.05) is 43.7 Å². The highest BCUT2D eigenvalue weighted by molar-refractivity contribution is 7.99. The van der Waals surface area contributed by atoms with Gasteiger partial charge in [-0.15, -0.1) is 10.2 Å². The third kappa shape index (κ3) is 4.26. The maximum atomic E-state index is 5.56. The lowest BCUT2D eigenvalue weighted by Crippen LogP contribution is -2.60. The Bertz CT molecular complexity index is 796. The third-order valence-electron chi connectivity index (χ3n) is 5.46. The van der Waals surface area contributed by atoms with Crippen molar-refractivity contribution in [3.63, 3.8) is 0 Å². The molecule has 2 aromatic rings. The van der Waals surface area contributed by atoms with Gasteiger partial charge in [0.2, 0.25) is 0 Å². The summed E-state index contributed by atoms with van der Waals surface area (Å²) in [6.45, 7) is 8.00. The molecule has 4 rings (SSSR count). The Hall–Kier alpha value is -1.84. The van der Waals surface area contributed by atoms with E-state index in [1.165, 1.54) is 12.2 Å². The predicted octanol–water partition coefficient (Wildman–Crippen LogP) is 0.992. The maximum Gasteiger partial charge on any atom is 0.191 e. The molecule has 2 saturated heterocycles. The van der Waals surface area contributed by atoms with Crippen LogP contribution in [0.3, 0.4) is 0 Å². The van der Waals surface area contributed by atoms with Crippen LogP contribution in [0.5, 0.6) is 0 Å². The number of hydrogen-bond donors (Lipinski definition) is 2. The molecule has 0 spiro atoms. The van der Waals surface area contributed by atoms with Crippen molar-refractivity contribution in [2.75, 3.05) is 50.9 Å². The van der Waals surface area contributed by atoms with E-state index in [1.54, 1.807) is 0 Å². The van der Waals surface area contributed by atoms with E-state index in [9.17, 15) is 0 Å². The molecule has 0 aliphatic carbocycles. The molecule has 2 aliphatic heterocycles. The van der Waals surface area contributed by atoms with Crippen LogP contribution < -0.4 is 10.6 Å². The summed E-state index contributed by atoms with van der Waals surface area (Å²) >= 11 is 2.05. The molecular weight excluding hydrogens is 374 g/mol. The quantitative estimate of drug-likeness (QED) is 0.550. The number of morpholine rings is 1. The molecule has 0 saturated carbocycles. The zero-order chi connectivity index (χ0) is 19.2. The van der Waals surface area contributed by atoms with Crippen LogP contribution in [0, 0.1) is 0 Å². The molecule has 2 fully saturated rings. The highest BCUT2D eigenvalue weighted by Crippen LogP contribution is 2.33. The molecule has 2 N–H and O–H groups in total. The van der Waals surface area contributed by atoms with Crippen LogP contribution in [-0.2, 0) is 11.3 Å². The van der Waals surface area contributed by atoms with Gasteiger partial charge in [-0.25, -0.2) is 4.99 Å². The zero-order valence-electron chi connectivity index (χ0n) is 16.4. The topological polar surface area (TPSA) is 79.1 Å². The predicted molar refractivity (Wildman–Crippen MR) is 113 cm³/mol. The van der Waals surface area contributed by atoms with Crippen molar-refractivity contribution in [2.45, 2.75) is 25.4 Å². The third-order valence-corrected chi connectivity index (χ3v) is 6.69. The highest BCUT2D eigenvalue weighted by atomic mass is 32.2. The molecule has 9 heteroatoms. The van der Waals surface area contributed by atoms with Gasteiger partial charge in [-0.2, -0.15) is 11.8 Å². The largest absolute Gasteiger partial charge is 0.379 e. The fourth-order valence-corrected chi connectivity index (χ4v) is 5.35. The number of fused-ring (bicyclic) bond motifs is 1. The average Bonchev–Trinajstić information content (AvgIpc) is 3.39. The molecule has 0 aromatic carbocycles. The van der Waals surface area contributed by atoms with E-state index in [2.05, 4.69) is 32.7 Å². The first-order valence-electron chi connectivity index (χ1n) is 10.0. The van der Waals surface area contributed by atoms with E-state index < -0.39 is 0 Å². The van der Waals surface area contributed by atoms with Crippen LogP contribution in [0.2, 0.25) is 0 Å². The number of pyridine rings is 1. The number of ether oxygens (including phenoxy) is 1. The van der Waals surface area contributed by atoms with Gasteiger partial charge in [-0.3, -0.25) is 9.30 Å². The summed E-state index contributed by atoms with van der Waals surface area (Å²) in [5.74, 6) is 4.05. The van der Waals surface area contributed by atoms with Crippen molar-refractivity contribution in [3.8, 4) is 0 Å². The second kappa shape index (κ2) is 9.11. The highest BCUT2D eigenvalue weighted by Gasteiger charge is 2.40. The van der Waals surface area contributed by atoms with Crippen molar-refractivity contribution in [1.29, 1.82) is 0 Å². The standard InChI is InChI=1S/C19H29N7OS/c1-2-20-18(21-13-17-24-23-16-5-3-4-7-26(16)17)22-14-19(6-12-28-15-19)25-8-10-27-11-9-25/h3-5,7H,2,6,8-15H2,1H3,(H2,20,21,22). The summed E-state index contributed by atoms with van der Waals surface area (Å²) in [4.78, 5) is 7.37. The van der Waals surface area contributed by atoms with Crippen molar-refractivity contribution in [2.24, 2.45) is 4.99 Å². The normalized spacial score (nSPS) is 24.0. The first kappa shape index (κ1) is 19.5. The number of guanidine groups is 1. The molecule has 28 heavy (non-hydrogen) atoms. The molecule has 0 radical (unpaired) electrons. The lowest BCUT2D eigenvalue weighted by Gasteiger charge is -2.43. The van der Waals surface area contributed by atoms with Crippen LogP contribution in [0.4, 0.5) is 0 Å². The van der Waals surface area contributed by atoms with Gasteiger partial charge in [0.25, 0.3) is 0 Å². The molecule has 2 aromatic heterocycles. The van der Waals surface area contributed by atoms with E-state index in [0.29, 0.717) is 6.54 Å². The summed E-state index contributed by atoms with van der Waals surface area (Å²) in [6.07, 6.45) is 3.18. The number of nitrogens with zero attached hydrogens (tertiary/aromatic N) is 5. The van der Waals surface area contributed by atoms with E-state index >= 15 is 0 Å². The maximum absolute atomic E-state index is 5.56. The lowest BCUT2D eigenvalue weighted by atomic mass is 9.95. The van der Waals surface area contributed by atoms with Gasteiger partial charge in [-0.05, 0) is 31.2 Å². The van der Waals surface area contributed by atoms with Crippen molar-refractivity contribution in [3.05, 3.63) is 30.2 Å². The SMILES string of the molecule is CCNC(=NCc1nnc2ccccn12)NCC1(N2CCOCC2)CCSC1. The number of aliphatic imine (C=N–C) groups is 1. The number of rotatable bonds is 6. The Labute approximate surface area is 170 Å². The number of nitrogens with one attached hydrogen (secondary N) is 2. The number of hydrogen-bond acceptors (Lipinski definition) is 6. The van der Waals surface area contributed by atoms with Gasteiger partial charge >= 0.3 is 0 Å². The molecule has 152 valence electrons. The van der Waals surface area contributed by atoms with Crippen molar-refractivity contribution in [1.82, 2.24) is 30.1 Å². The molecule has 0 bridgehead atoms. The van der Waals surface area contributed by atoms with Crippen molar-refractivity contribution < 1.29 is 4.74 Å². The number of aromatic nitrogens is 3. The number of thioether (sulfide) groups is 1. The van der Waals surface area contributed by atoms with Gasteiger partial charge in [-0.1, -0.05) is 6.07 Å². The monoisotopic (exact) mass is 403 g/mol. The van der Waals surface area contributed by atoms with Crippen molar-refractivity contribution >= 4 is 23.4 Å². The summed E-state index contributed by atoms with van der Waals surface area (Å²) in [6, 6.07) is 5.90. The summed E-state index contributed by atoms with van der Waals surface area (Å²) < 4.78 is 7.55. The molecule has 0 amide bonds. The minimum atomic E-state index is 0.187. The molecule has 4 heterocycles. The van der Waals surface area contributed by atoms with Crippen LogP contribution in [0.1, 0.15) is 19.2 Å². The first-order chi connectivity index (χ1) is 13.8. The van der Waals surface area contributed by atoms with Crippen LogP contribution in [-0.4, -0.2) is 81.9 Å². The second-order valence-electron chi connectivity index (χ2n) is 7.22.